The third-order valence-corrected chi connectivity index (χ3v) is 4.26. The Kier molecular flexibility index (Phi) is 7.17. The Balaban J connectivity index is 2.68. The van der Waals surface area contributed by atoms with Crippen molar-refractivity contribution in [3.05, 3.63) is 0 Å². The average molecular weight is 293 g/mol. The highest BCUT2D eigenvalue weighted by Crippen LogP contribution is 2.32. The molecule has 0 N–H and O–H groups in total. The maximum Gasteiger partial charge on any atom is 0.243 e. The molecule has 0 aromatic heterocycles. The fraction of sp³-hybridized carbons (Fsp3) is 0.882. The van der Waals surface area contributed by atoms with Gasteiger partial charge in [0.1, 0.15) is 5.41 Å². The van der Waals surface area contributed by atoms with Crippen molar-refractivity contribution in [1.29, 1.82) is 5.26 Å². The molecule has 120 valence electrons. The number of rotatable bonds is 7. The van der Waals surface area contributed by atoms with Crippen LogP contribution in [0.25, 0.3) is 0 Å². The van der Waals surface area contributed by atoms with Gasteiger partial charge in [-0.2, -0.15) is 5.26 Å². The van der Waals surface area contributed by atoms with Crippen molar-refractivity contribution in [2.24, 2.45) is 11.3 Å². The zero-order valence-corrected chi connectivity index (χ0v) is 14.2. The molecule has 21 heavy (non-hydrogen) atoms. The van der Waals surface area contributed by atoms with Gasteiger partial charge in [-0.1, -0.05) is 40.5 Å². The molecule has 1 saturated heterocycles. The number of piperazine rings is 1. The molecule has 1 rings (SSSR count). The van der Waals surface area contributed by atoms with Crippen molar-refractivity contribution in [3.63, 3.8) is 0 Å². The number of amides is 1. The molecule has 1 fully saturated rings. The Morgan fingerprint density at radius 3 is 2.05 bits per heavy atom. The summed E-state index contributed by atoms with van der Waals surface area (Å²) in [6, 6.07) is 2.35. The van der Waals surface area contributed by atoms with Crippen LogP contribution in [0.15, 0.2) is 0 Å². The van der Waals surface area contributed by atoms with Gasteiger partial charge in [-0.05, 0) is 18.8 Å². The van der Waals surface area contributed by atoms with E-state index >= 15 is 0 Å². The van der Waals surface area contributed by atoms with E-state index in [9.17, 15) is 10.1 Å². The SMILES string of the molecule is CCCC(C#N)(CCC)C(=O)N1CCN(CC(C)C)CC1. The van der Waals surface area contributed by atoms with Crippen LogP contribution in [0.4, 0.5) is 0 Å². The fourth-order valence-corrected chi connectivity index (χ4v) is 3.30. The fourth-order valence-electron chi connectivity index (χ4n) is 3.30. The van der Waals surface area contributed by atoms with E-state index in [4.69, 9.17) is 0 Å². The minimum Gasteiger partial charge on any atom is -0.339 e. The van der Waals surface area contributed by atoms with Crippen LogP contribution in [-0.2, 0) is 4.79 Å². The quantitative estimate of drug-likeness (QED) is 0.725. The molecule has 0 spiro atoms. The standard InChI is InChI=1S/C17H31N3O/c1-5-7-17(14-18,8-6-2)16(21)20-11-9-19(10-12-20)13-15(3)4/h15H,5-13H2,1-4H3. The van der Waals surface area contributed by atoms with E-state index in [2.05, 4.69) is 38.7 Å². The zero-order chi connectivity index (χ0) is 15.9. The predicted octanol–water partition coefficient (Wildman–Crippen LogP) is 2.90. The van der Waals surface area contributed by atoms with E-state index in [1.54, 1.807) is 0 Å². The summed E-state index contributed by atoms with van der Waals surface area (Å²) in [5, 5.41) is 9.60. The molecule has 0 aromatic carbocycles. The normalized spacial score (nSPS) is 17.0. The van der Waals surface area contributed by atoms with E-state index in [0.717, 1.165) is 45.6 Å². The van der Waals surface area contributed by atoms with Crippen LogP contribution in [0.1, 0.15) is 53.4 Å². The highest BCUT2D eigenvalue weighted by Gasteiger charge is 2.40. The molecule has 1 aliphatic heterocycles. The first-order valence-electron chi connectivity index (χ1n) is 8.42. The van der Waals surface area contributed by atoms with Crippen molar-refractivity contribution in [2.45, 2.75) is 53.4 Å². The lowest BCUT2D eigenvalue weighted by Gasteiger charge is -2.39. The van der Waals surface area contributed by atoms with Crippen molar-refractivity contribution < 1.29 is 4.79 Å². The number of nitriles is 1. The predicted molar refractivity (Wildman–Crippen MR) is 85.7 cm³/mol. The van der Waals surface area contributed by atoms with Gasteiger partial charge in [0.15, 0.2) is 0 Å². The second-order valence-electron chi connectivity index (χ2n) is 6.68. The lowest BCUT2D eigenvalue weighted by molar-refractivity contribution is -0.141. The van der Waals surface area contributed by atoms with Gasteiger partial charge in [-0.25, -0.2) is 0 Å². The molecule has 0 aromatic rings. The topological polar surface area (TPSA) is 47.3 Å². The van der Waals surface area contributed by atoms with Gasteiger partial charge < -0.3 is 4.90 Å². The Morgan fingerprint density at radius 1 is 1.14 bits per heavy atom. The molecule has 4 heteroatoms. The van der Waals surface area contributed by atoms with Crippen molar-refractivity contribution in [1.82, 2.24) is 9.80 Å². The molecule has 1 aliphatic rings. The van der Waals surface area contributed by atoms with E-state index in [-0.39, 0.29) is 5.91 Å². The van der Waals surface area contributed by atoms with Crippen LogP contribution >= 0.6 is 0 Å². The van der Waals surface area contributed by atoms with Crippen LogP contribution < -0.4 is 0 Å². The Morgan fingerprint density at radius 2 is 1.67 bits per heavy atom. The summed E-state index contributed by atoms with van der Waals surface area (Å²) in [6.07, 6.45) is 3.13. The monoisotopic (exact) mass is 293 g/mol. The van der Waals surface area contributed by atoms with E-state index < -0.39 is 5.41 Å². The molecule has 0 aliphatic carbocycles. The molecule has 0 radical (unpaired) electrons. The van der Waals surface area contributed by atoms with Crippen molar-refractivity contribution in [2.75, 3.05) is 32.7 Å². The Bertz CT molecular complexity index is 359. The lowest BCUT2D eigenvalue weighted by Crippen LogP contribution is -2.53. The molecule has 4 nitrogen and oxygen atoms in total. The summed E-state index contributed by atoms with van der Waals surface area (Å²) in [6.45, 7) is 13.0. The maximum absolute atomic E-state index is 12.8. The first kappa shape index (κ1) is 18.0. The van der Waals surface area contributed by atoms with Crippen molar-refractivity contribution in [3.8, 4) is 6.07 Å². The largest absolute Gasteiger partial charge is 0.339 e. The summed E-state index contributed by atoms with van der Waals surface area (Å²) in [5.41, 5.74) is -0.788. The second-order valence-corrected chi connectivity index (χ2v) is 6.68. The number of carbonyl (C=O) groups excluding carboxylic acids is 1. The Labute approximate surface area is 130 Å². The van der Waals surface area contributed by atoms with Gasteiger partial charge in [0.25, 0.3) is 0 Å². The van der Waals surface area contributed by atoms with E-state index in [1.165, 1.54) is 0 Å². The average Bonchev–Trinajstić information content (AvgIpc) is 2.46. The lowest BCUT2D eigenvalue weighted by atomic mass is 9.79. The van der Waals surface area contributed by atoms with Gasteiger partial charge in [-0.3, -0.25) is 9.69 Å². The van der Waals surface area contributed by atoms with Gasteiger partial charge in [0.2, 0.25) is 5.91 Å². The summed E-state index contributed by atoms with van der Waals surface area (Å²) in [4.78, 5) is 17.2. The Hall–Kier alpha value is -1.08. The summed E-state index contributed by atoms with van der Waals surface area (Å²) in [7, 11) is 0. The molecule has 0 atom stereocenters. The number of carbonyl (C=O) groups is 1. The van der Waals surface area contributed by atoms with Crippen LogP contribution in [0, 0.1) is 22.7 Å². The van der Waals surface area contributed by atoms with Crippen LogP contribution in [0.5, 0.6) is 0 Å². The van der Waals surface area contributed by atoms with Gasteiger partial charge >= 0.3 is 0 Å². The van der Waals surface area contributed by atoms with E-state index in [1.807, 2.05) is 4.90 Å². The van der Waals surface area contributed by atoms with Gasteiger partial charge in [-0.15, -0.1) is 0 Å². The van der Waals surface area contributed by atoms with Gasteiger partial charge in [0, 0.05) is 32.7 Å². The van der Waals surface area contributed by atoms with E-state index in [0.29, 0.717) is 18.8 Å². The van der Waals surface area contributed by atoms with Crippen LogP contribution in [0.3, 0.4) is 0 Å². The molecule has 0 saturated carbocycles. The number of hydrogen-bond donors (Lipinski definition) is 0. The summed E-state index contributed by atoms with van der Waals surface area (Å²) < 4.78 is 0. The third kappa shape index (κ3) is 4.71. The summed E-state index contributed by atoms with van der Waals surface area (Å²) in [5.74, 6) is 0.725. The first-order valence-corrected chi connectivity index (χ1v) is 8.42. The molecule has 1 heterocycles. The van der Waals surface area contributed by atoms with Crippen LogP contribution in [-0.4, -0.2) is 48.4 Å². The minimum absolute atomic E-state index is 0.0675. The number of nitrogens with zero attached hydrogens (tertiary/aromatic N) is 3. The maximum atomic E-state index is 12.8. The molecule has 1 amide bonds. The summed E-state index contributed by atoms with van der Waals surface area (Å²) >= 11 is 0. The van der Waals surface area contributed by atoms with Crippen LogP contribution in [0.2, 0.25) is 0 Å². The molecular weight excluding hydrogens is 262 g/mol. The zero-order valence-electron chi connectivity index (χ0n) is 14.2. The molecular formula is C17H31N3O. The van der Waals surface area contributed by atoms with Crippen molar-refractivity contribution >= 4 is 5.91 Å². The second kappa shape index (κ2) is 8.38. The molecule has 0 unspecified atom stereocenters. The smallest absolute Gasteiger partial charge is 0.243 e. The molecule has 0 bridgehead atoms. The highest BCUT2D eigenvalue weighted by molar-refractivity contribution is 5.85. The minimum atomic E-state index is -0.788. The van der Waals surface area contributed by atoms with Gasteiger partial charge in [0.05, 0.1) is 6.07 Å². The third-order valence-electron chi connectivity index (χ3n) is 4.26. The highest BCUT2D eigenvalue weighted by atomic mass is 16.2. The number of hydrogen-bond acceptors (Lipinski definition) is 3. The first-order chi connectivity index (χ1) is 9.99.